The summed E-state index contributed by atoms with van der Waals surface area (Å²) in [6.45, 7) is 1.40. The van der Waals surface area contributed by atoms with Gasteiger partial charge in [0.25, 0.3) is 17.6 Å². The lowest BCUT2D eigenvalue weighted by molar-refractivity contribution is -0.139. The van der Waals surface area contributed by atoms with Crippen molar-refractivity contribution in [3.05, 3.63) is 101 Å². The summed E-state index contributed by atoms with van der Waals surface area (Å²) in [4.78, 5) is 57.6. The average Bonchev–Trinajstić information content (AvgIpc) is 3.36. The van der Waals surface area contributed by atoms with Gasteiger partial charge in [-0.25, -0.2) is 0 Å². The number of fused-ring (bicyclic) bond motifs is 1. The molecular formula is C37H37N3O9. The van der Waals surface area contributed by atoms with Crippen molar-refractivity contribution >= 4 is 34.9 Å². The highest BCUT2D eigenvalue weighted by Crippen LogP contribution is 2.42. The zero-order chi connectivity index (χ0) is 35.2. The van der Waals surface area contributed by atoms with E-state index in [0.29, 0.717) is 34.2 Å². The normalized spacial score (nSPS) is 12.6. The lowest BCUT2D eigenvalue weighted by Crippen LogP contribution is -2.46. The maximum absolute atomic E-state index is 14.6. The van der Waals surface area contributed by atoms with E-state index in [0.717, 1.165) is 16.0 Å². The summed E-state index contributed by atoms with van der Waals surface area (Å²) in [6.07, 6.45) is 0. The van der Waals surface area contributed by atoms with Crippen LogP contribution in [0.4, 0.5) is 11.4 Å². The van der Waals surface area contributed by atoms with E-state index in [2.05, 4.69) is 5.32 Å². The van der Waals surface area contributed by atoms with E-state index in [4.69, 9.17) is 23.7 Å². The van der Waals surface area contributed by atoms with E-state index in [-0.39, 0.29) is 23.6 Å². The van der Waals surface area contributed by atoms with Gasteiger partial charge in [-0.3, -0.25) is 24.1 Å². The molecule has 0 saturated heterocycles. The van der Waals surface area contributed by atoms with Crippen LogP contribution in [0.3, 0.4) is 0 Å². The van der Waals surface area contributed by atoms with Crippen molar-refractivity contribution in [1.29, 1.82) is 0 Å². The van der Waals surface area contributed by atoms with E-state index in [1.807, 2.05) is 31.2 Å². The molecule has 12 nitrogen and oxygen atoms in total. The van der Waals surface area contributed by atoms with E-state index < -0.39 is 36.1 Å². The number of ether oxygens (including phenoxy) is 5. The van der Waals surface area contributed by atoms with Crippen LogP contribution in [0.15, 0.2) is 78.9 Å². The summed E-state index contributed by atoms with van der Waals surface area (Å²) >= 11 is 0. The predicted octanol–water partition coefficient (Wildman–Crippen LogP) is 4.98. The summed E-state index contributed by atoms with van der Waals surface area (Å²) < 4.78 is 27.6. The van der Waals surface area contributed by atoms with Crippen molar-refractivity contribution in [1.82, 2.24) is 4.90 Å². The van der Waals surface area contributed by atoms with E-state index >= 15 is 0 Å². The van der Waals surface area contributed by atoms with Crippen LogP contribution in [-0.2, 0) is 20.9 Å². The second kappa shape index (κ2) is 14.8. The molecule has 0 radical (unpaired) electrons. The molecule has 1 heterocycles. The molecular weight excluding hydrogens is 630 g/mol. The van der Waals surface area contributed by atoms with Crippen LogP contribution in [0.2, 0.25) is 0 Å². The SMILES string of the molecule is COc1ccc(NC(=O)C(c2cc(OC)c(OC)c(OC)c2)N(Cc2ccc(C)cc2)C(=O)CN2C(=O)C(=O)c3ccccc32)c(OC)c1. The minimum atomic E-state index is -1.32. The van der Waals surface area contributed by atoms with E-state index in [1.165, 1.54) is 40.4 Å². The van der Waals surface area contributed by atoms with Crippen molar-refractivity contribution in [3.8, 4) is 28.7 Å². The topological polar surface area (TPSA) is 133 Å². The molecule has 3 amide bonds. The Labute approximate surface area is 284 Å². The number of carbonyl (C=O) groups excluding carboxylic acids is 4. The second-order valence-corrected chi connectivity index (χ2v) is 11.2. The van der Waals surface area contributed by atoms with Crippen LogP contribution >= 0.6 is 0 Å². The first kappa shape index (κ1) is 34.3. The summed E-state index contributed by atoms with van der Waals surface area (Å²) in [5.74, 6) is -1.11. The summed E-state index contributed by atoms with van der Waals surface area (Å²) in [6, 6.07) is 20.7. The van der Waals surface area contributed by atoms with Crippen molar-refractivity contribution in [3.63, 3.8) is 0 Å². The molecule has 12 heteroatoms. The fourth-order valence-electron chi connectivity index (χ4n) is 5.68. The fraction of sp³-hybridized carbons (Fsp3) is 0.243. The Hall–Kier alpha value is -6.04. The largest absolute Gasteiger partial charge is 0.497 e. The average molecular weight is 668 g/mol. The molecule has 1 aliphatic rings. The molecule has 0 saturated carbocycles. The molecule has 1 aliphatic heterocycles. The van der Waals surface area contributed by atoms with Gasteiger partial charge in [-0.05, 0) is 54.4 Å². The number of nitrogens with zero attached hydrogens (tertiary/aromatic N) is 2. The highest BCUT2D eigenvalue weighted by molar-refractivity contribution is 6.52. The Kier molecular flexibility index (Phi) is 10.4. The molecule has 0 spiro atoms. The Bertz CT molecular complexity index is 1870. The minimum Gasteiger partial charge on any atom is -0.497 e. The number of nitrogens with one attached hydrogen (secondary N) is 1. The zero-order valence-electron chi connectivity index (χ0n) is 28.1. The van der Waals surface area contributed by atoms with Crippen LogP contribution in [0, 0.1) is 6.92 Å². The van der Waals surface area contributed by atoms with Crippen LogP contribution in [0.1, 0.15) is 33.1 Å². The van der Waals surface area contributed by atoms with Crippen molar-refractivity contribution in [2.45, 2.75) is 19.5 Å². The van der Waals surface area contributed by atoms with Gasteiger partial charge in [0, 0.05) is 12.6 Å². The lowest BCUT2D eigenvalue weighted by atomic mass is 10.0. The first-order valence-electron chi connectivity index (χ1n) is 15.3. The van der Waals surface area contributed by atoms with Gasteiger partial charge in [0.15, 0.2) is 11.5 Å². The number of aryl methyl sites for hydroxylation is 1. The molecule has 254 valence electrons. The van der Waals surface area contributed by atoms with Crippen molar-refractivity contribution in [2.24, 2.45) is 0 Å². The van der Waals surface area contributed by atoms with Crippen LogP contribution in [-0.4, -0.2) is 70.5 Å². The lowest BCUT2D eigenvalue weighted by Gasteiger charge is -2.33. The Morgan fingerprint density at radius 1 is 0.776 bits per heavy atom. The van der Waals surface area contributed by atoms with Gasteiger partial charge >= 0.3 is 0 Å². The molecule has 1 atom stereocenters. The molecule has 0 aliphatic carbocycles. The van der Waals surface area contributed by atoms with E-state index in [9.17, 15) is 19.2 Å². The summed E-state index contributed by atoms with van der Waals surface area (Å²) in [5, 5.41) is 2.91. The van der Waals surface area contributed by atoms with Crippen LogP contribution in [0.5, 0.6) is 28.7 Å². The number of benzene rings is 4. The number of hydrogen-bond acceptors (Lipinski definition) is 9. The molecule has 49 heavy (non-hydrogen) atoms. The number of Topliss-reactive ketones (excluding diaryl/α,β-unsaturated/α-hetero) is 1. The first-order valence-corrected chi connectivity index (χ1v) is 15.3. The number of hydrogen-bond donors (Lipinski definition) is 1. The van der Waals surface area contributed by atoms with E-state index in [1.54, 1.807) is 54.6 Å². The maximum Gasteiger partial charge on any atom is 0.299 e. The third-order valence-electron chi connectivity index (χ3n) is 8.20. The number of anilines is 2. The monoisotopic (exact) mass is 667 g/mol. The van der Waals surface area contributed by atoms with Crippen molar-refractivity contribution in [2.75, 3.05) is 52.3 Å². The van der Waals surface area contributed by atoms with Crippen molar-refractivity contribution < 1.29 is 42.9 Å². The van der Waals surface area contributed by atoms with Gasteiger partial charge in [0.05, 0.1) is 52.5 Å². The number of carbonyl (C=O) groups is 4. The fourth-order valence-corrected chi connectivity index (χ4v) is 5.68. The van der Waals surface area contributed by atoms with Crippen LogP contribution < -0.4 is 33.9 Å². The number of rotatable bonds is 13. The molecule has 1 unspecified atom stereocenters. The molecule has 0 aromatic heterocycles. The smallest absolute Gasteiger partial charge is 0.299 e. The second-order valence-electron chi connectivity index (χ2n) is 11.2. The molecule has 1 N–H and O–H groups in total. The summed E-state index contributed by atoms with van der Waals surface area (Å²) in [7, 11) is 7.32. The molecule has 5 rings (SSSR count). The highest BCUT2D eigenvalue weighted by Gasteiger charge is 2.40. The Balaban J connectivity index is 1.66. The van der Waals surface area contributed by atoms with Crippen LogP contribution in [0.25, 0.3) is 0 Å². The number of methoxy groups -OCH3 is 5. The minimum absolute atomic E-state index is 0.0365. The number of para-hydroxylation sites is 1. The molecule has 4 aromatic rings. The Morgan fingerprint density at radius 2 is 1.43 bits per heavy atom. The standard InChI is InChI=1S/C37H37N3O9/c1-22-11-13-23(14-12-22)20-40(32(41)21-39-28-10-8-7-9-26(28)34(42)37(39)44)33(24-17-30(47-4)35(49-6)31(18-24)48-5)36(43)38-27-16-15-25(45-2)19-29(27)46-3/h7-19,33H,20-21H2,1-6H3,(H,38,43). The molecule has 0 bridgehead atoms. The summed E-state index contributed by atoms with van der Waals surface area (Å²) in [5.41, 5.74) is 2.89. The first-order chi connectivity index (χ1) is 23.6. The zero-order valence-corrected chi connectivity index (χ0v) is 28.1. The molecule has 4 aromatic carbocycles. The van der Waals surface area contributed by atoms with Gasteiger partial charge < -0.3 is 33.9 Å². The third-order valence-corrected chi connectivity index (χ3v) is 8.20. The van der Waals surface area contributed by atoms with Gasteiger partial charge in [-0.15, -0.1) is 0 Å². The molecule has 0 fully saturated rings. The number of ketones is 1. The quantitative estimate of drug-likeness (QED) is 0.196. The highest BCUT2D eigenvalue weighted by atomic mass is 16.5. The number of amides is 3. The van der Waals surface area contributed by atoms with Gasteiger partial charge in [-0.2, -0.15) is 0 Å². The van der Waals surface area contributed by atoms with Gasteiger partial charge in [-0.1, -0.05) is 42.0 Å². The Morgan fingerprint density at radius 3 is 2.04 bits per heavy atom. The maximum atomic E-state index is 14.6. The van der Waals surface area contributed by atoms with Gasteiger partial charge in [0.2, 0.25) is 11.7 Å². The van der Waals surface area contributed by atoms with Gasteiger partial charge in [0.1, 0.15) is 24.1 Å². The predicted molar refractivity (Wildman–Crippen MR) is 182 cm³/mol. The third kappa shape index (κ3) is 6.98.